The third-order valence-corrected chi connectivity index (χ3v) is 5.90. The van der Waals surface area contributed by atoms with E-state index in [1.54, 1.807) is 22.6 Å². The number of piperazine rings is 1. The second-order valence-electron chi connectivity index (χ2n) is 5.51. The Labute approximate surface area is 125 Å². The number of nitrogens with zero attached hydrogens (tertiary/aromatic N) is 3. The number of likely N-dealkylation sites (N-methyl/N-ethyl adjacent to an activating group) is 1. The van der Waals surface area contributed by atoms with Crippen LogP contribution in [0.5, 0.6) is 0 Å². The van der Waals surface area contributed by atoms with Crippen LogP contribution in [0.25, 0.3) is 10.8 Å². The standard InChI is InChI=1S/C15H19N3O2S/c1-12-10-14-13(11-16-12)4-3-5-15(14)21(19,20)18-8-6-17(2)7-9-18/h3-5,10-11H,6-9H2,1-2H3. The molecule has 1 fully saturated rings. The number of hydrogen-bond donors (Lipinski definition) is 0. The maximum atomic E-state index is 12.9. The molecule has 6 heteroatoms. The number of pyridine rings is 1. The molecule has 0 aliphatic carbocycles. The van der Waals surface area contributed by atoms with Gasteiger partial charge in [-0.2, -0.15) is 4.31 Å². The molecule has 1 aromatic heterocycles. The number of benzene rings is 1. The molecule has 0 saturated carbocycles. The zero-order chi connectivity index (χ0) is 15.0. The largest absolute Gasteiger partial charge is 0.304 e. The Hall–Kier alpha value is -1.50. The van der Waals surface area contributed by atoms with Crippen molar-refractivity contribution in [2.45, 2.75) is 11.8 Å². The monoisotopic (exact) mass is 305 g/mol. The van der Waals surface area contributed by atoms with Crippen molar-refractivity contribution in [3.63, 3.8) is 0 Å². The van der Waals surface area contributed by atoms with Crippen molar-refractivity contribution < 1.29 is 8.42 Å². The highest BCUT2D eigenvalue weighted by molar-refractivity contribution is 7.89. The van der Waals surface area contributed by atoms with Crippen LogP contribution in [-0.4, -0.2) is 55.8 Å². The highest BCUT2D eigenvalue weighted by Gasteiger charge is 2.28. The molecule has 0 bridgehead atoms. The van der Waals surface area contributed by atoms with Gasteiger partial charge >= 0.3 is 0 Å². The van der Waals surface area contributed by atoms with E-state index in [0.29, 0.717) is 18.0 Å². The summed E-state index contributed by atoms with van der Waals surface area (Å²) in [4.78, 5) is 6.76. The van der Waals surface area contributed by atoms with Gasteiger partial charge in [-0.25, -0.2) is 8.42 Å². The lowest BCUT2D eigenvalue weighted by Gasteiger charge is -2.31. The summed E-state index contributed by atoms with van der Waals surface area (Å²) >= 11 is 0. The van der Waals surface area contributed by atoms with Crippen LogP contribution in [-0.2, 0) is 10.0 Å². The quantitative estimate of drug-likeness (QED) is 0.843. The van der Waals surface area contributed by atoms with Crippen LogP contribution in [0.15, 0.2) is 35.4 Å². The predicted octanol–water partition coefficient (Wildman–Crippen LogP) is 1.48. The van der Waals surface area contributed by atoms with Crippen LogP contribution in [0.2, 0.25) is 0 Å². The van der Waals surface area contributed by atoms with E-state index in [9.17, 15) is 8.42 Å². The van der Waals surface area contributed by atoms with E-state index in [2.05, 4.69) is 9.88 Å². The fourth-order valence-corrected chi connectivity index (χ4v) is 4.27. The van der Waals surface area contributed by atoms with Crippen molar-refractivity contribution in [1.82, 2.24) is 14.2 Å². The fraction of sp³-hybridized carbons (Fsp3) is 0.400. The van der Waals surface area contributed by atoms with Crippen molar-refractivity contribution in [3.8, 4) is 0 Å². The van der Waals surface area contributed by atoms with Crippen LogP contribution in [0.4, 0.5) is 0 Å². The topological polar surface area (TPSA) is 53.5 Å². The number of aromatic nitrogens is 1. The SMILES string of the molecule is Cc1cc2c(S(=O)(=O)N3CCN(C)CC3)cccc2cn1. The first-order valence-corrected chi connectivity index (χ1v) is 8.46. The number of hydrogen-bond acceptors (Lipinski definition) is 4. The molecule has 3 rings (SSSR count). The molecule has 1 aliphatic heterocycles. The zero-order valence-electron chi connectivity index (χ0n) is 12.3. The number of sulfonamides is 1. The van der Waals surface area contributed by atoms with Crippen molar-refractivity contribution in [2.75, 3.05) is 33.2 Å². The lowest BCUT2D eigenvalue weighted by atomic mass is 10.1. The Balaban J connectivity index is 2.08. The molecule has 2 aromatic rings. The molecule has 0 radical (unpaired) electrons. The van der Waals surface area contributed by atoms with E-state index in [1.807, 2.05) is 26.1 Å². The molecule has 0 spiro atoms. The summed E-state index contributed by atoms with van der Waals surface area (Å²) in [6.45, 7) is 4.49. The van der Waals surface area contributed by atoms with Crippen LogP contribution in [0.1, 0.15) is 5.69 Å². The van der Waals surface area contributed by atoms with Crippen molar-refractivity contribution in [1.29, 1.82) is 0 Å². The van der Waals surface area contributed by atoms with Crippen molar-refractivity contribution >= 4 is 20.8 Å². The minimum absolute atomic E-state index is 0.384. The summed E-state index contributed by atoms with van der Waals surface area (Å²) in [6.07, 6.45) is 1.73. The van der Waals surface area contributed by atoms with Gasteiger partial charge in [0.05, 0.1) is 4.90 Å². The van der Waals surface area contributed by atoms with Crippen LogP contribution < -0.4 is 0 Å². The highest BCUT2D eigenvalue weighted by Crippen LogP contribution is 2.26. The predicted molar refractivity (Wildman–Crippen MR) is 82.7 cm³/mol. The summed E-state index contributed by atoms with van der Waals surface area (Å²) in [5.74, 6) is 0. The number of aryl methyl sites for hydroxylation is 1. The third-order valence-electron chi connectivity index (χ3n) is 3.94. The minimum Gasteiger partial charge on any atom is -0.304 e. The van der Waals surface area contributed by atoms with Crippen molar-refractivity contribution in [3.05, 3.63) is 36.2 Å². The van der Waals surface area contributed by atoms with Gasteiger partial charge in [-0.3, -0.25) is 4.98 Å². The maximum absolute atomic E-state index is 12.9. The first kappa shape index (κ1) is 14.4. The van der Waals surface area contributed by atoms with Gasteiger partial charge in [0, 0.05) is 48.8 Å². The highest BCUT2D eigenvalue weighted by atomic mass is 32.2. The summed E-state index contributed by atoms with van der Waals surface area (Å²) < 4.78 is 27.4. The molecular weight excluding hydrogens is 286 g/mol. The van der Waals surface area contributed by atoms with E-state index in [0.717, 1.165) is 29.6 Å². The Morgan fingerprint density at radius 1 is 1.14 bits per heavy atom. The van der Waals surface area contributed by atoms with Crippen LogP contribution in [0.3, 0.4) is 0 Å². The molecule has 0 atom stereocenters. The Morgan fingerprint density at radius 3 is 2.57 bits per heavy atom. The van der Waals surface area contributed by atoms with Crippen molar-refractivity contribution in [2.24, 2.45) is 0 Å². The Morgan fingerprint density at radius 2 is 1.86 bits per heavy atom. The molecular formula is C15H19N3O2S. The molecule has 1 aromatic carbocycles. The molecule has 1 saturated heterocycles. The average molecular weight is 305 g/mol. The van der Waals surface area contributed by atoms with Crippen LogP contribution in [0, 0.1) is 6.92 Å². The second kappa shape index (κ2) is 5.36. The van der Waals surface area contributed by atoms with E-state index in [4.69, 9.17) is 0 Å². The summed E-state index contributed by atoms with van der Waals surface area (Å²) in [5.41, 5.74) is 0.823. The van der Waals surface area contributed by atoms with Gasteiger partial charge in [-0.15, -0.1) is 0 Å². The minimum atomic E-state index is -3.45. The number of rotatable bonds is 2. The smallest absolute Gasteiger partial charge is 0.243 e. The molecule has 5 nitrogen and oxygen atoms in total. The summed E-state index contributed by atoms with van der Waals surface area (Å²) in [5, 5.41) is 1.61. The number of fused-ring (bicyclic) bond motifs is 1. The Kier molecular flexibility index (Phi) is 3.69. The third kappa shape index (κ3) is 2.66. The molecule has 112 valence electrons. The van der Waals surface area contributed by atoms with E-state index in [1.165, 1.54) is 0 Å². The van der Waals surface area contributed by atoms with Gasteiger partial charge in [-0.1, -0.05) is 12.1 Å². The van der Waals surface area contributed by atoms with Gasteiger partial charge in [-0.05, 0) is 26.1 Å². The second-order valence-corrected chi connectivity index (χ2v) is 7.42. The van der Waals surface area contributed by atoms with Gasteiger partial charge < -0.3 is 4.90 Å². The van der Waals surface area contributed by atoms with Gasteiger partial charge in [0.15, 0.2) is 0 Å². The lowest BCUT2D eigenvalue weighted by Crippen LogP contribution is -2.47. The van der Waals surface area contributed by atoms with E-state index in [-0.39, 0.29) is 0 Å². The fourth-order valence-electron chi connectivity index (χ4n) is 2.64. The first-order valence-electron chi connectivity index (χ1n) is 7.02. The molecule has 0 amide bonds. The summed E-state index contributed by atoms with van der Waals surface area (Å²) in [6, 6.07) is 7.21. The lowest BCUT2D eigenvalue weighted by molar-refractivity contribution is 0.222. The normalized spacial score (nSPS) is 18.2. The van der Waals surface area contributed by atoms with E-state index < -0.39 is 10.0 Å². The Bertz CT molecular complexity index is 766. The molecule has 2 heterocycles. The molecule has 0 unspecified atom stereocenters. The average Bonchev–Trinajstić information content (AvgIpc) is 2.47. The summed E-state index contributed by atoms with van der Waals surface area (Å²) in [7, 11) is -1.44. The van der Waals surface area contributed by atoms with Crippen LogP contribution >= 0.6 is 0 Å². The maximum Gasteiger partial charge on any atom is 0.243 e. The van der Waals surface area contributed by atoms with Gasteiger partial charge in [0.1, 0.15) is 0 Å². The first-order chi connectivity index (χ1) is 9.98. The van der Waals surface area contributed by atoms with Gasteiger partial charge in [0.2, 0.25) is 10.0 Å². The molecule has 1 aliphatic rings. The van der Waals surface area contributed by atoms with Gasteiger partial charge in [0.25, 0.3) is 0 Å². The molecule has 0 N–H and O–H groups in total. The molecule has 21 heavy (non-hydrogen) atoms. The van der Waals surface area contributed by atoms with E-state index >= 15 is 0 Å². The zero-order valence-corrected chi connectivity index (χ0v) is 13.1.